The monoisotopic (exact) mass is 515 g/mol. The van der Waals surface area contributed by atoms with Crippen LogP contribution in [0, 0.1) is 0 Å². The minimum absolute atomic E-state index is 0.523. The summed E-state index contributed by atoms with van der Waals surface area (Å²) in [5, 5.41) is 0. The highest BCUT2D eigenvalue weighted by atomic mass is 16.5. The zero-order valence-corrected chi connectivity index (χ0v) is 24.1. The second-order valence-corrected chi connectivity index (χ2v) is 11.1. The molecular formula is C34H45NO3. The maximum absolute atomic E-state index is 6.06. The van der Waals surface area contributed by atoms with Gasteiger partial charge in [-0.1, -0.05) is 24.3 Å². The van der Waals surface area contributed by atoms with Gasteiger partial charge in [0.2, 0.25) is 0 Å². The van der Waals surface area contributed by atoms with E-state index in [9.17, 15) is 0 Å². The molecule has 0 radical (unpaired) electrons. The fourth-order valence-corrected chi connectivity index (χ4v) is 5.86. The van der Waals surface area contributed by atoms with E-state index in [-0.39, 0.29) is 0 Å². The predicted octanol–water partition coefficient (Wildman–Crippen LogP) is 7.26. The Morgan fingerprint density at radius 1 is 0.763 bits per heavy atom. The molecule has 0 saturated carbocycles. The summed E-state index contributed by atoms with van der Waals surface area (Å²) in [6.07, 6.45) is 5.33. The third kappa shape index (κ3) is 7.11. The van der Waals surface area contributed by atoms with Crippen molar-refractivity contribution < 1.29 is 14.2 Å². The first-order valence-corrected chi connectivity index (χ1v) is 14.2. The summed E-state index contributed by atoms with van der Waals surface area (Å²) >= 11 is 0. The van der Waals surface area contributed by atoms with Crippen LogP contribution in [0.15, 0.2) is 60.7 Å². The van der Waals surface area contributed by atoms with Gasteiger partial charge in [-0.15, -0.1) is 0 Å². The number of benzene rings is 3. The third-order valence-corrected chi connectivity index (χ3v) is 7.98. The molecule has 0 heterocycles. The van der Waals surface area contributed by atoms with Gasteiger partial charge in [-0.25, -0.2) is 0 Å². The number of ether oxygens (including phenoxy) is 3. The summed E-state index contributed by atoms with van der Waals surface area (Å²) < 4.78 is 17.1. The highest BCUT2D eigenvalue weighted by Gasteiger charge is 2.23. The van der Waals surface area contributed by atoms with Crippen molar-refractivity contribution in [3.63, 3.8) is 0 Å². The van der Waals surface area contributed by atoms with E-state index in [1.165, 1.54) is 27.8 Å². The molecule has 0 fully saturated rings. The molecule has 3 aromatic rings. The second-order valence-electron chi connectivity index (χ2n) is 11.1. The van der Waals surface area contributed by atoms with Crippen LogP contribution in [0.2, 0.25) is 0 Å². The standard InChI is InChI=1S/C34H45NO3/c1-24(2)35(25(3)4)19-20-38-31-14-8-26(9-15-31)7-10-30-23-33(37-6)17-18-34(30)29-12-11-28-22-32(36-5)16-13-27(28)21-29/h8-9,13-18,22-25,29H,7,10-12,19-21H2,1-6H3. The van der Waals surface area contributed by atoms with Gasteiger partial charge in [0.15, 0.2) is 0 Å². The van der Waals surface area contributed by atoms with Crippen LogP contribution >= 0.6 is 0 Å². The number of fused-ring (bicyclic) bond motifs is 1. The molecule has 3 aromatic carbocycles. The summed E-state index contributed by atoms with van der Waals surface area (Å²) in [7, 11) is 3.50. The van der Waals surface area contributed by atoms with Gasteiger partial charge in [-0.2, -0.15) is 0 Å². The van der Waals surface area contributed by atoms with E-state index in [4.69, 9.17) is 14.2 Å². The molecule has 0 bridgehead atoms. The molecule has 1 atom stereocenters. The van der Waals surface area contributed by atoms with E-state index in [2.05, 4.69) is 93.3 Å². The molecule has 0 N–H and O–H groups in total. The van der Waals surface area contributed by atoms with E-state index in [1.807, 2.05) is 0 Å². The minimum Gasteiger partial charge on any atom is -0.497 e. The zero-order chi connectivity index (χ0) is 27.1. The Morgan fingerprint density at radius 3 is 2.11 bits per heavy atom. The van der Waals surface area contributed by atoms with Gasteiger partial charge in [0, 0.05) is 18.6 Å². The summed E-state index contributed by atoms with van der Waals surface area (Å²) in [4.78, 5) is 2.46. The number of methoxy groups -OCH3 is 2. The van der Waals surface area contributed by atoms with E-state index >= 15 is 0 Å². The molecule has 0 aromatic heterocycles. The number of rotatable bonds is 12. The quantitative estimate of drug-likeness (QED) is 0.254. The molecule has 0 saturated heterocycles. The van der Waals surface area contributed by atoms with Crippen LogP contribution in [-0.4, -0.2) is 44.4 Å². The smallest absolute Gasteiger partial charge is 0.119 e. The van der Waals surface area contributed by atoms with Gasteiger partial charge in [0.25, 0.3) is 0 Å². The number of aryl methyl sites for hydroxylation is 3. The van der Waals surface area contributed by atoms with E-state index in [0.29, 0.717) is 24.6 Å². The molecule has 1 aliphatic rings. The molecule has 4 rings (SSSR count). The lowest BCUT2D eigenvalue weighted by atomic mass is 9.78. The lowest BCUT2D eigenvalue weighted by Crippen LogP contribution is -2.39. The number of nitrogens with zero attached hydrogens (tertiary/aromatic N) is 1. The lowest BCUT2D eigenvalue weighted by Gasteiger charge is -2.30. The van der Waals surface area contributed by atoms with Crippen LogP contribution in [0.25, 0.3) is 0 Å². The average Bonchev–Trinajstić information content (AvgIpc) is 2.93. The van der Waals surface area contributed by atoms with Crippen LogP contribution in [0.3, 0.4) is 0 Å². The van der Waals surface area contributed by atoms with E-state index < -0.39 is 0 Å². The Morgan fingerprint density at radius 2 is 1.42 bits per heavy atom. The fraction of sp³-hybridized carbons (Fsp3) is 0.471. The average molecular weight is 516 g/mol. The van der Waals surface area contributed by atoms with Crippen LogP contribution in [-0.2, 0) is 25.7 Å². The zero-order valence-electron chi connectivity index (χ0n) is 24.1. The van der Waals surface area contributed by atoms with Crippen LogP contribution < -0.4 is 14.2 Å². The lowest BCUT2D eigenvalue weighted by molar-refractivity contribution is 0.142. The van der Waals surface area contributed by atoms with Crippen molar-refractivity contribution in [2.45, 2.75) is 77.8 Å². The first-order chi connectivity index (χ1) is 18.4. The van der Waals surface area contributed by atoms with Crippen molar-refractivity contribution >= 4 is 0 Å². The van der Waals surface area contributed by atoms with Crippen LogP contribution in [0.1, 0.15) is 67.9 Å². The molecule has 0 amide bonds. The molecule has 1 aliphatic carbocycles. The largest absolute Gasteiger partial charge is 0.497 e. The second kappa shape index (κ2) is 13.2. The molecule has 4 nitrogen and oxygen atoms in total. The fourth-order valence-electron chi connectivity index (χ4n) is 5.86. The van der Waals surface area contributed by atoms with Gasteiger partial charge >= 0.3 is 0 Å². The van der Waals surface area contributed by atoms with Crippen molar-refractivity contribution in [1.29, 1.82) is 0 Å². The Balaban J connectivity index is 1.39. The van der Waals surface area contributed by atoms with Crippen LogP contribution in [0.5, 0.6) is 17.2 Å². The molecule has 0 aliphatic heterocycles. The topological polar surface area (TPSA) is 30.9 Å². The van der Waals surface area contributed by atoms with Crippen molar-refractivity contribution in [2.75, 3.05) is 27.4 Å². The van der Waals surface area contributed by atoms with Crippen LogP contribution in [0.4, 0.5) is 0 Å². The van der Waals surface area contributed by atoms with Gasteiger partial charge in [0.05, 0.1) is 14.2 Å². The summed E-state index contributed by atoms with van der Waals surface area (Å²) in [6, 6.07) is 22.9. The van der Waals surface area contributed by atoms with E-state index in [0.717, 1.165) is 55.9 Å². The predicted molar refractivity (Wildman–Crippen MR) is 157 cm³/mol. The number of hydrogen-bond donors (Lipinski definition) is 0. The molecule has 4 heteroatoms. The molecule has 1 unspecified atom stereocenters. The molecule has 0 spiro atoms. The Kier molecular flexibility index (Phi) is 9.74. The summed E-state index contributed by atoms with van der Waals surface area (Å²) in [6.45, 7) is 10.6. The Labute approximate surface area is 229 Å². The van der Waals surface area contributed by atoms with Gasteiger partial charge < -0.3 is 14.2 Å². The van der Waals surface area contributed by atoms with Gasteiger partial charge in [-0.05, 0) is 130 Å². The normalized spacial score (nSPS) is 15.1. The van der Waals surface area contributed by atoms with Gasteiger partial charge in [0.1, 0.15) is 23.9 Å². The molecule has 38 heavy (non-hydrogen) atoms. The van der Waals surface area contributed by atoms with Gasteiger partial charge in [-0.3, -0.25) is 4.90 Å². The summed E-state index contributed by atoms with van der Waals surface area (Å²) in [5.41, 5.74) is 7.07. The maximum atomic E-state index is 6.06. The van der Waals surface area contributed by atoms with Crippen molar-refractivity contribution in [3.8, 4) is 17.2 Å². The summed E-state index contributed by atoms with van der Waals surface area (Å²) in [5.74, 6) is 3.37. The highest BCUT2D eigenvalue weighted by molar-refractivity contribution is 5.43. The van der Waals surface area contributed by atoms with E-state index in [1.54, 1.807) is 14.2 Å². The first kappa shape index (κ1) is 28.0. The third-order valence-electron chi connectivity index (χ3n) is 7.98. The first-order valence-electron chi connectivity index (χ1n) is 14.2. The van der Waals surface area contributed by atoms with Crippen molar-refractivity contribution in [3.05, 3.63) is 88.5 Å². The number of hydrogen-bond acceptors (Lipinski definition) is 4. The minimum atomic E-state index is 0.523. The maximum Gasteiger partial charge on any atom is 0.119 e. The highest BCUT2D eigenvalue weighted by Crippen LogP contribution is 2.37. The molecule has 204 valence electrons. The molecular weight excluding hydrogens is 470 g/mol. The Bertz CT molecular complexity index is 1160. The van der Waals surface area contributed by atoms with Crippen molar-refractivity contribution in [2.24, 2.45) is 0 Å². The SMILES string of the molecule is COc1ccc2c(c1)CCC(c1ccc(OC)cc1CCc1ccc(OCCN(C(C)C)C(C)C)cc1)C2. The van der Waals surface area contributed by atoms with Crippen molar-refractivity contribution in [1.82, 2.24) is 4.90 Å². The Hall–Kier alpha value is -2.98.